The lowest BCUT2D eigenvalue weighted by molar-refractivity contribution is 0.404. The molecule has 1 aliphatic rings. The molecule has 0 amide bonds. The third-order valence-corrected chi connectivity index (χ3v) is 6.85. The van der Waals surface area contributed by atoms with Gasteiger partial charge in [0.15, 0.2) is 0 Å². The molecular formula is C15H22BrNOS2. The van der Waals surface area contributed by atoms with E-state index >= 15 is 0 Å². The zero-order chi connectivity index (χ0) is 14.4. The van der Waals surface area contributed by atoms with Gasteiger partial charge in [-0.15, -0.1) is 0 Å². The lowest BCUT2D eigenvalue weighted by Gasteiger charge is -2.30. The second kappa shape index (κ2) is 8.57. The van der Waals surface area contributed by atoms with Crippen LogP contribution in [0.1, 0.15) is 12.5 Å². The summed E-state index contributed by atoms with van der Waals surface area (Å²) >= 11 is 7.76. The molecule has 1 N–H and O–H groups in total. The number of thioether (sulfide) groups is 2. The van der Waals surface area contributed by atoms with Crippen LogP contribution in [0, 0.1) is 0 Å². The SMILES string of the molecule is CCNC(Cc1cc(Br)ccc1OC)C1CSCCS1. The van der Waals surface area contributed by atoms with Crippen LogP contribution in [0.5, 0.6) is 5.75 Å². The van der Waals surface area contributed by atoms with Crippen LogP contribution < -0.4 is 10.1 Å². The van der Waals surface area contributed by atoms with E-state index in [-0.39, 0.29) is 0 Å². The Balaban J connectivity index is 2.12. The molecule has 0 saturated carbocycles. The molecule has 5 heteroatoms. The smallest absolute Gasteiger partial charge is 0.122 e. The molecule has 1 aliphatic heterocycles. The standard InChI is InChI=1S/C15H22BrNOS2/c1-3-17-13(15-10-19-6-7-20-15)9-11-8-12(16)4-5-14(11)18-2/h4-5,8,13,15,17H,3,6-7,9-10H2,1-2H3. The Morgan fingerprint density at radius 3 is 2.95 bits per heavy atom. The summed E-state index contributed by atoms with van der Waals surface area (Å²) in [5.41, 5.74) is 1.28. The van der Waals surface area contributed by atoms with E-state index in [1.54, 1.807) is 7.11 Å². The molecule has 2 atom stereocenters. The van der Waals surface area contributed by atoms with Gasteiger partial charge in [0.1, 0.15) is 5.75 Å². The molecule has 2 nitrogen and oxygen atoms in total. The number of halogens is 1. The highest BCUT2D eigenvalue weighted by molar-refractivity contribution is 9.10. The molecule has 1 heterocycles. The van der Waals surface area contributed by atoms with Crippen molar-refractivity contribution in [2.24, 2.45) is 0 Å². The van der Waals surface area contributed by atoms with E-state index in [4.69, 9.17) is 4.74 Å². The fraction of sp³-hybridized carbons (Fsp3) is 0.600. The van der Waals surface area contributed by atoms with E-state index < -0.39 is 0 Å². The zero-order valence-electron chi connectivity index (χ0n) is 12.0. The molecule has 0 radical (unpaired) electrons. The minimum atomic E-state index is 0.515. The van der Waals surface area contributed by atoms with Crippen molar-refractivity contribution in [2.45, 2.75) is 24.6 Å². The second-order valence-electron chi connectivity index (χ2n) is 4.81. The number of ether oxygens (including phenoxy) is 1. The fourth-order valence-electron chi connectivity index (χ4n) is 2.48. The van der Waals surface area contributed by atoms with Crippen molar-refractivity contribution in [1.29, 1.82) is 0 Å². The number of methoxy groups -OCH3 is 1. The van der Waals surface area contributed by atoms with Crippen LogP contribution in [0.3, 0.4) is 0 Å². The largest absolute Gasteiger partial charge is 0.496 e. The van der Waals surface area contributed by atoms with Gasteiger partial charge in [-0.3, -0.25) is 0 Å². The highest BCUT2D eigenvalue weighted by atomic mass is 79.9. The lowest BCUT2D eigenvalue weighted by atomic mass is 10.0. The number of rotatable bonds is 6. The van der Waals surface area contributed by atoms with E-state index in [0.29, 0.717) is 11.3 Å². The van der Waals surface area contributed by atoms with Crippen molar-refractivity contribution in [3.8, 4) is 5.75 Å². The average Bonchev–Trinajstić information content (AvgIpc) is 2.48. The monoisotopic (exact) mass is 375 g/mol. The maximum Gasteiger partial charge on any atom is 0.122 e. The van der Waals surface area contributed by atoms with E-state index in [1.165, 1.54) is 22.8 Å². The van der Waals surface area contributed by atoms with Crippen LogP contribution in [-0.4, -0.2) is 42.2 Å². The number of likely N-dealkylation sites (N-methyl/N-ethyl adjacent to an activating group) is 1. The summed E-state index contributed by atoms with van der Waals surface area (Å²) < 4.78 is 6.63. The van der Waals surface area contributed by atoms with Gasteiger partial charge in [0.25, 0.3) is 0 Å². The second-order valence-corrected chi connectivity index (χ2v) is 8.22. The summed E-state index contributed by atoms with van der Waals surface area (Å²) in [7, 11) is 1.75. The predicted octanol–water partition coefficient (Wildman–Crippen LogP) is 3.83. The first-order valence-electron chi connectivity index (χ1n) is 6.99. The van der Waals surface area contributed by atoms with Gasteiger partial charge >= 0.3 is 0 Å². The molecule has 1 aromatic carbocycles. The van der Waals surface area contributed by atoms with Crippen molar-refractivity contribution < 1.29 is 4.74 Å². The Bertz CT molecular complexity index is 424. The van der Waals surface area contributed by atoms with Gasteiger partial charge < -0.3 is 10.1 Å². The molecule has 0 aliphatic carbocycles. The summed E-state index contributed by atoms with van der Waals surface area (Å²) in [5, 5.41) is 4.36. The van der Waals surface area contributed by atoms with Gasteiger partial charge in [-0.1, -0.05) is 22.9 Å². The van der Waals surface area contributed by atoms with Crippen LogP contribution in [0.2, 0.25) is 0 Å². The minimum absolute atomic E-state index is 0.515. The Morgan fingerprint density at radius 2 is 2.30 bits per heavy atom. The van der Waals surface area contributed by atoms with Gasteiger partial charge in [-0.05, 0) is 36.7 Å². The van der Waals surface area contributed by atoms with Crippen LogP contribution in [-0.2, 0) is 6.42 Å². The van der Waals surface area contributed by atoms with Crippen LogP contribution in [0.25, 0.3) is 0 Å². The summed E-state index contributed by atoms with van der Waals surface area (Å²) in [6.45, 7) is 3.20. The maximum absolute atomic E-state index is 5.51. The van der Waals surface area contributed by atoms with E-state index in [9.17, 15) is 0 Å². The third-order valence-electron chi connectivity index (χ3n) is 3.44. The number of hydrogen-bond acceptors (Lipinski definition) is 4. The maximum atomic E-state index is 5.51. The highest BCUT2D eigenvalue weighted by Crippen LogP contribution is 2.30. The van der Waals surface area contributed by atoms with Crippen LogP contribution in [0.4, 0.5) is 0 Å². The van der Waals surface area contributed by atoms with E-state index in [2.05, 4.69) is 57.8 Å². The van der Waals surface area contributed by atoms with Gasteiger partial charge in [-0.2, -0.15) is 23.5 Å². The molecule has 1 fully saturated rings. The Hall–Kier alpha value is 0.160. The van der Waals surface area contributed by atoms with Crippen molar-refractivity contribution in [1.82, 2.24) is 5.32 Å². The van der Waals surface area contributed by atoms with E-state index in [0.717, 1.165) is 23.2 Å². The van der Waals surface area contributed by atoms with Crippen molar-refractivity contribution in [3.63, 3.8) is 0 Å². The quantitative estimate of drug-likeness (QED) is 0.814. The normalized spacial score (nSPS) is 20.6. The lowest BCUT2D eigenvalue weighted by Crippen LogP contribution is -2.42. The first-order valence-corrected chi connectivity index (χ1v) is 9.99. The van der Waals surface area contributed by atoms with Crippen LogP contribution in [0.15, 0.2) is 22.7 Å². The van der Waals surface area contributed by atoms with Gasteiger partial charge in [0, 0.05) is 33.0 Å². The van der Waals surface area contributed by atoms with Crippen molar-refractivity contribution >= 4 is 39.5 Å². The van der Waals surface area contributed by atoms with Gasteiger partial charge in [-0.25, -0.2) is 0 Å². The Labute approximate surface area is 138 Å². The van der Waals surface area contributed by atoms with Gasteiger partial charge in [0.2, 0.25) is 0 Å². The highest BCUT2D eigenvalue weighted by Gasteiger charge is 2.25. The Kier molecular flexibility index (Phi) is 7.08. The third kappa shape index (κ3) is 4.58. The minimum Gasteiger partial charge on any atom is -0.496 e. The molecule has 0 bridgehead atoms. The molecule has 0 aromatic heterocycles. The molecule has 20 heavy (non-hydrogen) atoms. The zero-order valence-corrected chi connectivity index (χ0v) is 15.2. The van der Waals surface area contributed by atoms with Crippen molar-refractivity contribution in [2.75, 3.05) is 30.9 Å². The molecule has 1 aromatic rings. The molecule has 0 spiro atoms. The fourth-order valence-corrected chi connectivity index (χ4v) is 5.78. The molecule has 112 valence electrons. The summed E-state index contributed by atoms with van der Waals surface area (Å²) in [4.78, 5) is 0. The molecule has 1 saturated heterocycles. The first-order chi connectivity index (χ1) is 9.74. The summed E-state index contributed by atoms with van der Waals surface area (Å²) in [5.74, 6) is 4.80. The molecular weight excluding hydrogens is 354 g/mol. The van der Waals surface area contributed by atoms with Gasteiger partial charge in [0.05, 0.1) is 7.11 Å². The first kappa shape index (κ1) is 16.5. The number of benzene rings is 1. The summed E-state index contributed by atoms with van der Waals surface area (Å²) in [6.07, 6.45) is 1.02. The topological polar surface area (TPSA) is 21.3 Å². The predicted molar refractivity (Wildman–Crippen MR) is 95.4 cm³/mol. The number of nitrogens with one attached hydrogen (secondary N) is 1. The summed E-state index contributed by atoms with van der Waals surface area (Å²) in [6, 6.07) is 6.78. The number of hydrogen-bond donors (Lipinski definition) is 1. The molecule has 2 rings (SSSR count). The Morgan fingerprint density at radius 1 is 1.45 bits per heavy atom. The van der Waals surface area contributed by atoms with Crippen molar-refractivity contribution in [3.05, 3.63) is 28.2 Å². The average molecular weight is 376 g/mol. The van der Waals surface area contributed by atoms with Crippen LogP contribution >= 0.6 is 39.5 Å². The molecule has 2 unspecified atom stereocenters. The van der Waals surface area contributed by atoms with E-state index in [1.807, 2.05) is 12.1 Å².